The summed E-state index contributed by atoms with van der Waals surface area (Å²) in [5.41, 5.74) is 0.426. The quantitative estimate of drug-likeness (QED) is 0.401. The van der Waals surface area contributed by atoms with Crippen molar-refractivity contribution in [3.05, 3.63) is 54.6 Å². The highest BCUT2D eigenvalue weighted by molar-refractivity contribution is 7.91. The number of hydrogen-bond donors (Lipinski definition) is 2. The van der Waals surface area contributed by atoms with Gasteiger partial charge >= 0.3 is 0 Å². The van der Waals surface area contributed by atoms with Gasteiger partial charge in [0.05, 0.1) is 17.4 Å². The number of benzene rings is 3. The van der Waals surface area contributed by atoms with Gasteiger partial charge in [-0.15, -0.1) is 11.6 Å². The van der Waals surface area contributed by atoms with Gasteiger partial charge in [0.2, 0.25) is 9.84 Å². The fraction of sp³-hybridized carbons (Fsp3) is 0.190. The number of nitrogens with one attached hydrogen (secondary N) is 1. The molecule has 4 rings (SSSR count). The van der Waals surface area contributed by atoms with Crippen molar-refractivity contribution < 1.29 is 23.0 Å². The SMILES string of the molecule is O=S(=O)(c1cccc2ccccc12)c1n[nH]c2c(OCCCl)cc(OCCO)cc12. The average molecular weight is 447 g/mol. The second-order valence-corrected chi connectivity index (χ2v) is 8.67. The number of halogens is 1. The Hall–Kier alpha value is -2.81. The molecule has 0 aliphatic heterocycles. The number of nitrogens with zero attached hydrogens (tertiary/aromatic N) is 1. The molecule has 0 saturated carbocycles. The second kappa shape index (κ2) is 8.51. The van der Waals surface area contributed by atoms with Crippen LogP contribution in [0.25, 0.3) is 21.7 Å². The molecule has 0 fully saturated rings. The van der Waals surface area contributed by atoms with Gasteiger partial charge in [-0.3, -0.25) is 5.10 Å². The lowest BCUT2D eigenvalue weighted by Crippen LogP contribution is -2.05. The highest BCUT2D eigenvalue weighted by Crippen LogP contribution is 2.36. The molecule has 156 valence electrons. The summed E-state index contributed by atoms with van der Waals surface area (Å²) in [4.78, 5) is 0.166. The fourth-order valence-corrected chi connectivity index (χ4v) is 4.92. The van der Waals surface area contributed by atoms with Gasteiger partial charge in [-0.2, -0.15) is 5.10 Å². The van der Waals surface area contributed by atoms with Crippen molar-refractivity contribution in [2.75, 3.05) is 25.7 Å². The molecule has 0 radical (unpaired) electrons. The van der Waals surface area contributed by atoms with Crippen LogP contribution in [0.15, 0.2) is 64.5 Å². The van der Waals surface area contributed by atoms with Crippen LogP contribution < -0.4 is 9.47 Å². The summed E-state index contributed by atoms with van der Waals surface area (Å²) in [6.07, 6.45) is 0. The number of alkyl halides is 1. The average Bonchev–Trinajstić information content (AvgIpc) is 3.20. The van der Waals surface area contributed by atoms with Crippen LogP contribution in [0.4, 0.5) is 0 Å². The molecule has 0 bridgehead atoms. The monoisotopic (exact) mass is 446 g/mol. The number of rotatable bonds is 8. The molecule has 0 spiro atoms. The summed E-state index contributed by atoms with van der Waals surface area (Å²) in [7, 11) is -3.95. The number of aromatic nitrogens is 2. The number of aromatic amines is 1. The Kier molecular flexibility index (Phi) is 5.80. The summed E-state index contributed by atoms with van der Waals surface area (Å²) >= 11 is 5.73. The van der Waals surface area contributed by atoms with Crippen LogP contribution >= 0.6 is 11.6 Å². The smallest absolute Gasteiger partial charge is 0.226 e. The van der Waals surface area contributed by atoms with Crippen LogP contribution in [0, 0.1) is 0 Å². The second-order valence-electron chi connectivity index (χ2n) is 6.46. The zero-order chi connectivity index (χ0) is 21.1. The molecular formula is C21H19ClN2O5S. The van der Waals surface area contributed by atoms with E-state index in [0.717, 1.165) is 5.39 Å². The van der Waals surface area contributed by atoms with Crippen molar-refractivity contribution in [3.63, 3.8) is 0 Å². The Bertz CT molecular complexity index is 1300. The molecule has 30 heavy (non-hydrogen) atoms. The molecule has 1 heterocycles. The first-order valence-electron chi connectivity index (χ1n) is 9.23. The standard InChI is InChI=1S/C21H19ClN2O5S/c22-8-10-29-18-13-15(28-11-9-25)12-17-20(18)23-24-21(17)30(26,27)19-7-3-5-14-4-1-2-6-16(14)19/h1-7,12-13,25H,8-11H2,(H,23,24). The molecule has 4 aromatic rings. The van der Waals surface area contributed by atoms with Crippen molar-refractivity contribution >= 4 is 43.1 Å². The van der Waals surface area contributed by atoms with E-state index < -0.39 is 9.84 Å². The van der Waals surface area contributed by atoms with Gasteiger partial charge in [-0.25, -0.2) is 8.42 Å². The molecule has 3 aromatic carbocycles. The van der Waals surface area contributed by atoms with E-state index in [0.29, 0.717) is 27.8 Å². The lowest BCUT2D eigenvalue weighted by atomic mass is 10.1. The predicted octanol–water partition coefficient (Wildman–Crippen LogP) is 3.54. The van der Waals surface area contributed by atoms with Crippen LogP contribution in [0.2, 0.25) is 0 Å². The van der Waals surface area contributed by atoms with Crippen molar-refractivity contribution in [2.24, 2.45) is 0 Å². The zero-order valence-electron chi connectivity index (χ0n) is 15.8. The van der Waals surface area contributed by atoms with Gasteiger partial charge in [-0.05, 0) is 17.5 Å². The lowest BCUT2D eigenvalue weighted by molar-refractivity contribution is 0.201. The highest BCUT2D eigenvalue weighted by atomic mass is 35.5. The number of H-pyrrole nitrogens is 1. The highest BCUT2D eigenvalue weighted by Gasteiger charge is 2.27. The number of fused-ring (bicyclic) bond motifs is 2. The van der Waals surface area contributed by atoms with Crippen LogP contribution in [0.5, 0.6) is 11.5 Å². The largest absolute Gasteiger partial charge is 0.491 e. The van der Waals surface area contributed by atoms with E-state index in [1.807, 2.05) is 18.2 Å². The van der Waals surface area contributed by atoms with Crippen LogP contribution in [-0.4, -0.2) is 49.4 Å². The molecule has 0 atom stereocenters. The molecule has 0 aliphatic rings. The molecule has 2 N–H and O–H groups in total. The first-order valence-corrected chi connectivity index (χ1v) is 11.3. The van der Waals surface area contributed by atoms with Gasteiger partial charge in [-0.1, -0.05) is 36.4 Å². The van der Waals surface area contributed by atoms with Crippen LogP contribution in [0.1, 0.15) is 0 Å². The maximum Gasteiger partial charge on any atom is 0.226 e. The number of ether oxygens (including phenoxy) is 2. The maximum atomic E-state index is 13.5. The maximum absolute atomic E-state index is 13.5. The number of sulfone groups is 1. The van der Waals surface area contributed by atoms with Crippen LogP contribution in [-0.2, 0) is 9.84 Å². The van der Waals surface area contributed by atoms with Gasteiger partial charge < -0.3 is 14.6 Å². The minimum Gasteiger partial charge on any atom is -0.491 e. The minimum absolute atomic E-state index is 0.0592. The lowest BCUT2D eigenvalue weighted by Gasteiger charge is -2.10. The van der Waals surface area contributed by atoms with Crippen molar-refractivity contribution in [1.29, 1.82) is 0 Å². The number of aliphatic hydroxyl groups is 1. The Balaban J connectivity index is 1.91. The summed E-state index contributed by atoms with van der Waals surface area (Å²) in [6.45, 7) is 0.108. The number of aliphatic hydroxyl groups excluding tert-OH is 1. The van der Waals surface area contributed by atoms with Gasteiger partial charge in [0.15, 0.2) is 5.03 Å². The minimum atomic E-state index is -3.95. The third kappa shape index (κ3) is 3.69. The summed E-state index contributed by atoms with van der Waals surface area (Å²) in [5, 5.41) is 17.6. The molecule has 0 unspecified atom stereocenters. The Morgan fingerprint density at radius 1 is 1.00 bits per heavy atom. The molecule has 1 aromatic heterocycles. The van der Waals surface area contributed by atoms with Crippen LogP contribution in [0.3, 0.4) is 0 Å². The van der Waals surface area contributed by atoms with Gasteiger partial charge in [0.25, 0.3) is 0 Å². The zero-order valence-corrected chi connectivity index (χ0v) is 17.4. The third-order valence-electron chi connectivity index (χ3n) is 4.56. The number of hydrogen-bond acceptors (Lipinski definition) is 6. The summed E-state index contributed by atoms with van der Waals surface area (Å²) in [6, 6.07) is 15.6. The summed E-state index contributed by atoms with van der Waals surface area (Å²) in [5.74, 6) is 0.989. The topological polar surface area (TPSA) is 102 Å². The van der Waals surface area contributed by atoms with E-state index in [1.54, 1.807) is 36.4 Å². The molecular weight excluding hydrogens is 428 g/mol. The van der Waals surface area contributed by atoms with Gasteiger partial charge in [0.1, 0.15) is 30.2 Å². The Labute approximate surface area is 178 Å². The Morgan fingerprint density at radius 3 is 2.60 bits per heavy atom. The molecule has 7 nitrogen and oxygen atoms in total. The van der Waals surface area contributed by atoms with E-state index in [1.165, 1.54) is 0 Å². The van der Waals surface area contributed by atoms with Crippen molar-refractivity contribution in [2.45, 2.75) is 9.92 Å². The van der Waals surface area contributed by atoms with E-state index in [2.05, 4.69) is 10.2 Å². The van der Waals surface area contributed by atoms with E-state index in [4.69, 9.17) is 26.2 Å². The normalized spacial score (nSPS) is 11.8. The fourth-order valence-electron chi connectivity index (χ4n) is 3.29. The van der Waals surface area contributed by atoms with E-state index in [9.17, 15) is 8.42 Å². The van der Waals surface area contributed by atoms with Gasteiger partial charge in [0, 0.05) is 16.8 Å². The third-order valence-corrected chi connectivity index (χ3v) is 6.47. The van der Waals surface area contributed by atoms with Crippen molar-refractivity contribution in [1.82, 2.24) is 10.2 Å². The summed E-state index contributed by atoms with van der Waals surface area (Å²) < 4.78 is 38.2. The molecule has 9 heteroatoms. The first kappa shape index (κ1) is 20.5. The Morgan fingerprint density at radius 2 is 1.80 bits per heavy atom. The molecule has 0 saturated heterocycles. The van der Waals surface area contributed by atoms with E-state index >= 15 is 0 Å². The predicted molar refractivity (Wildman–Crippen MR) is 114 cm³/mol. The molecule has 0 aliphatic carbocycles. The van der Waals surface area contributed by atoms with E-state index in [-0.39, 0.29) is 35.6 Å². The first-order chi connectivity index (χ1) is 14.6. The molecule has 0 amide bonds. The van der Waals surface area contributed by atoms with Crippen molar-refractivity contribution in [3.8, 4) is 11.5 Å².